The number of nitrogens with zero attached hydrogens (tertiary/aromatic N) is 2. The van der Waals surface area contributed by atoms with E-state index in [4.69, 9.17) is 9.47 Å². The average molecular weight is 421 g/mol. The first-order valence-electron chi connectivity index (χ1n) is 11.6. The summed E-state index contributed by atoms with van der Waals surface area (Å²) < 4.78 is 11.9. The second kappa shape index (κ2) is 8.54. The second-order valence-corrected chi connectivity index (χ2v) is 9.28. The zero-order chi connectivity index (χ0) is 21.3. The topological polar surface area (TPSA) is 42.0 Å². The van der Waals surface area contributed by atoms with Crippen molar-refractivity contribution in [1.82, 2.24) is 9.80 Å². The van der Waals surface area contributed by atoms with Gasteiger partial charge in [0.15, 0.2) is 0 Å². The molecule has 0 atom stereocenters. The third-order valence-electron chi connectivity index (χ3n) is 7.26. The molecular weight excluding hydrogens is 388 g/mol. The molecule has 2 fully saturated rings. The van der Waals surface area contributed by atoms with Crippen LogP contribution in [0.25, 0.3) is 0 Å². The van der Waals surface area contributed by atoms with Crippen molar-refractivity contribution >= 4 is 5.91 Å². The van der Waals surface area contributed by atoms with Crippen LogP contribution in [0.15, 0.2) is 48.5 Å². The molecule has 164 valence electrons. The Balaban J connectivity index is 1.33. The highest BCUT2D eigenvalue weighted by atomic mass is 16.5. The van der Waals surface area contributed by atoms with Gasteiger partial charge < -0.3 is 14.4 Å². The van der Waals surface area contributed by atoms with Crippen LogP contribution in [0.4, 0.5) is 0 Å². The Kier molecular flexibility index (Phi) is 5.61. The third kappa shape index (κ3) is 4.16. The minimum Gasteiger partial charge on any atom is -0.497 e. The van der Waals surface area contributed by atoms with E-state index in [0.29, 0.717) is 12.6 Å². The van der Waals surface area contributed by atoms with Crippen LogP contribution in [0.5, 0.6) is 11.5 Å². The van der Waals surface area contributed by atoms with Crippen molar-refractivity contribution in [3.63, 3.8) is 0 Å². The summed E-state index contributed by atoms with van der Waals surface area (Å²) in [5.74, 6) is 1.81. The summed E-state index contributed by atoms with van der Waals surface area (Å²) in [6, 6.07) is 16.5. The maximum absolute atomic E-state index is 13.4. The van der Waals surface area contributed by atoms with Gasteiger partial charge in [-0.25, -0.2) is 0 Å². The quantitative estimate of drug-likeness (QED) is 0.730. The summed E-state index contributed by atoms with van der Waals surface area (Å²) in [4.78, 5) is 18.1. The highest BCUT2D eigenvalue weighted by Crippen LogP contribution is 2.38. The lowest BCUT2D eigenvalue weighted by Crippen LogP contribution is -2.55. The van der Waals surface area contributed by atoms with E-state index in [1.54, 1.807) is 7.11 Å². The highest BCUT2D eigenvalue weighted by Gasteiger charge is 2.44. The summed E-state index contributed by atoms with van der Waals surface area (Å²) in [5.41, 5.74) is 1.74. The van der Waals surface area contributed by atoms with E-state index >= 15 is 0 Å². The highest BCUT2D eigenvalue weighted by molar-refractivity contribution is 5.97. The Labute approximate surface area is 184 Å². The number of ether oxygens (including phenoxy) is 2. The molecule has 0 N–H and O–H groups in total. The monoisotopic (exact) mass is 420 g/mol. The molecule has 1 aliphatic carbocycles. The summed E-state index contributed by atoms with van der Waals surface area (Å²) in [5, 5.41) is 0. The van der Waals surface area contributed by atoms with Crippen LogP contribution in [-0.2, 0) is 6.54 Å². The van der Waals surface area contributed by atoms with Gasteiger partial charge in [0.05, 0.1) is 19.2 Å². The first kappa shape index (κ1) is 20.4. The molecule has 5 heteroatoms. The molecule has 5 nitrogen and oxygen atoms in total. The predicted molar refractivity (Wildman–Crippen MR) is 121 cm³/mol. The second-order valence-electron chi connectivity index (χ2n) is 9.28. The smallest absolute Gasteiger partial charge is 0.258 e. The van der Waals surface area contributed by atoms with Crippen molar-refractivity contribution < 1.29 is 14.3 Å². The minimum absolute atomic E-state index is 0.153. The van der Waals surface area contributed by atoms with Gasteiger partial charge in [0.25, 0.3) is 5.91 Å². The lowest BCUT2D eigenvalue weighted by atomic mass is 9.89. The van der Waals surface area contributed by atoms with Gasteiger partial charge in [-0.3, -0.25) is 9.69 Å². The SMILES string of the molecule is COc1ccc(CN2CCC3(CC2)CN(C2CCCC2)C(=O)c2ccccc2O3)cc1. The van der Waals surface area contributed by atoms with Crippen LogP contribution < -0.4 is 9.47 Å². The number of hydrogen-bond acceptors (Lipinski definition) is 4. The summed E-state index contributed by atoms with van der Waals surface area (Å²) in [7, 11) is 1.70. The van der Waals surface area contributed by atoms with Gasteiger partial charge in [-0.15, -0.1) is 0 Å². The average Bonchev–Trinajstić information content (AvgIpc) is 3.31. The lowest BCUT2D eigenvalue weighted by molar-refractivity contribution is -0.0230. The Morgan fingerprint density at radius 3 is 2.45 bits per heavy atom. The van der Waals surface area contributed by atoms with Gasteiger partial charge in [-0.05, 0) is 42.7 Å². The molecule has 2 aliphatic heterocycles. The van der Waals surface area contributed by atoms with Crippen LogP contribution in [0.1, 0.15) is 54.4 Å². The van der Waals surface area contributed by atoms with Gasteiger partial charge in [-0.2, -0.15) is 0 Å². The van der Waals surface area contributed by atoms with Crippen molar-refractivity contribution in [2.75, 3.05) is 26.7 Å². The number of para-hydroxylation sites is 1. The number of carbonyl (C=O) groups is 1. The van der Waals surface area contributed by atoms with E-state index in [2.05, 4.69) is 21.9 Å². The van der Waals surface area contributed by atoms with E-state index in [0.717, 1.165) is 62.4 Å². The molecule has 2 aromatic rings. The van der Waals surface area contributed by atoms with E-state index in [1.165, 1.54) is 18.4 Å². The fourth-order valence-electron chi connectivity index (χ4n) is 5.41. The first-order chi connectivity index (χ1) is 15.2. The number of likely N-dealkylation sites (tertiary alicyclic amines) is 1. The molecule has 0 aromatic heterocycles. The lowest BCUT2D eigenvalue weighted by Gasteiger charge is -2.43. The zero-order valence-electron chi connectivity index (χ0n) is 18.4. The molecule has 1 saturated carbocycles. The van der Waals surface area contributed by atoms with Gasteiger partial charge in [0.2, 0.25) is 0 Å². The fraction of sp³-hybridized carbons (Fsp3) is 0.500. The van der Waals surface area contributed by atoms with Crippen LogP contribution in [0.2, 0.25) is 0 Å². The largest absolute Gasteiger partial charge is 0.497 e. The van der Waals surface area contributed by atoms with Crippen LogP contribution in [0, 0.1) is 0 Å². The van der Waals surface area contributed by atoms with Crippen LogP contribution in [-0.4, -0.2) is 54.1 Å². The first-order valence-corrected chi connectivity index (χ1v) is 11.6. The van der Waals surface area contributed by atoms with Crippen LogP contribution >= 0.6 is 0 Å². The Bertz CT molecular complexity index is 913. The van der Waals surface area contributed by atoms with Gasteiger partial charge in [-0.1, -0.05) is 37.1 Å². The normalized spacial score (nSPS) is 21.6. The molecule has 31 heavy (non-hydrogen) atoms. The van der Waals surface area contributed by atoms with Crippen molar-refractivity contribution in [2.45, 2.75) is 56.7 Å². The number of benzene rings is 2. The zero-order valence-corrected chi connectivity index (χ0v) is 18.4. The molecule has 0 radical (unpaired) electrons. The molecule has 1 amide bonds. The minimum atomic E-state index is -0.290. The third-order valence-corrected chi connectivity index (χ3v) is 7.26. The number of amides is 1. The predicted octanol–water partition coefficient (Wildman–Crippen LogP) is 4.51. The summed E-state index contributed by atoms with van der Waals surface area (Å²) in [6.07, 6.45) is 6.56. The van der Waals surface area contributed by atoms with E-state index in [9.17, 15) is 4.79 Å². The Hall–Kier alpha value is -2.53. The number of methoxy groups -OCH3 is 1. The molecular formula is C26H32N2O3. The van der Waals surface area contributed by atoms with E-state index in [-0.39, 0.29) is 11.5 Å². The molecule has 0 bridgehead atoms. The molecule has 3 aliphatic rings. The molecule has 2 heterocycles. The van der Waals surface area contributed by atoms with Crippen molar-refractivity contribution in [3.05, 3.63) is 59.7 Å². The molecule has 5 rings (SSSR count). The van der Waals surface area contributed by atoms with Crippen molar-refractivity contribution in [1.29, 1.82) is 0 Å². The number of hydrogen-bond donors (Lipinski definition) is 0. The maximum atomic E-state index is 13.4. The Morgan fingerprint density at radius 1 is 1.03 bits per heavy atom. The number of carbonyl (C=O) groups excluding carboxylic acids is 1. The fourth-order valence-corrected chi connectivity index (χ4v) is 5.41. The van der Waals surface area contributed by atoms with Crippen molar-refractivity contribution in [2.24, 2.45) is 0 Å². The summed E-state index contributed by atoms with van der Waals surface area (Å²) >= 11 is 0. The maximum Gasteiger partial charge on any atom is 0.258 e. The van der Waals surface area contributed by atoms with Crippen molar-refractivity contribution in [3.8, 4) is 11.5 Å². The van der Waals surface area contributed by atoms with Gasteiger partial charge in [0.1, 0.15) is 17.1 Å². The number of piperidine rings is 1. The number of fused-ring (bicyclic) bond motifs is 1. The molecule has 0 unspecified atom stereocenters. The molecule has 2 aromatic carbocycles. The summed E-state index contributed by atoms with van der Waals surface area (Å²) in [6.45, 7) is 3.59. The number of rotatable bonds is 4. The molecule has 1 saturated heterocycles. The molecule has 1 spiro atoms. The standard InChI is InChI=1S/C26H32N2O3/c1-30-22-12-10-20(11-13-22)18-27-16-14-26(15-17-27)19-28(21-6-2-3-7-21)25(29)23-8-4-5-9-24(23)31-26/h4-5,8-13,21H,2-3,6-7,14-19H2,1H3. The Morgan fingerprint density at radius 2 is 1.74 bits per heavy atom. The van der Waals surface area contributed by atoms with Gasteiger partial charge >= 0.3 is 0 Å². The van der Waals surface area contributed by atoms with E-state index in [1.807, 2.05) is 36.4 Å². The van der Waals surface area contributed by atoms with Gasteiger partial charge in [0, 0.05) is 38.5 Å². The van der Waals surface area contributed by atoms with Crippen LogP contribution in [0.3, 0.4) is 0 Å². The van der Waals surface area contributed by atoms with E-state index < -0.39 is 0 Å².